The van der Waals surface area contributed by atoms with Gasteiger partial charge in [-0.1, -0.05) is 19.1 Å². The van der Waals surface area contributed by atoms with Gasteiger partial charge in [0.25, 0.3) is 0 Å². The summed E-state index contributed by atoms with van der Waals surface area (Å²) >= 11 is 1.55. The van der Waals surface area contributed by atoms with E-state index in [1.807, 2.05) is 10.3 Å². The first-order chi connectivity index (χ1) is 10.7. The molecular weight excluding hydrogens is 294 g/mol. The number of rotatable bonds is 5. The summed E-state index contributed by atoms with van der Waals surface area (Å²) < 4.78 is 0. The molecule has 0 spiro atoms. The van der Waals surface area contributed by atoms with Gasteiger partial charge in [0.05, 0.1) is 12.1 Å². The van der Waals surface area contributed by atoms with Crippen molar-refractivity contribution in [2.75, 3.05) is 18.4 Å². The lowest BCUT2D eigenvalue weighted by molar-refractivity contribution is -0.129. The number of thiazole rings is 1. The van der Waals surface area contributed by atoms with Crippen LogP contribution in [0.15, 0.2) is 29.6 Å². The number of carbonyl (C=O) groups is 1. The summed E-state index contributed by atoms with van der Waals surface area (Å²) in [5.74, 6) is 0.196. The van der Waals surface area contributed by atoms with E-state index in [4.69, 9.17) is 0 Å². The topological polar surface area (TPSA) is 45.2 Å². The highest BCUT2D eigenvalue weighted by Gasteiger charge is 2.19. The summed E-state index contributed by atoms with van der Waals surface area (Å²) in [6.45, 7) is 3.95. The molecule has 4 nitrogen and oxygen atoms in total. The molecule has 2 aromatic rings. The van der Waals surface area contributed by atoms with Crippen molar-refractivity contribution in [2.45, 2.75) is 32.6 Å². The summed E-state index contributed by atoms with van der Waals surface area (Å²) in [6.07, 6.45) is 3.71. The zero-order valence-electron chi connectivity index (χ0n) is 12.8. The number of nitrogens with zero attached hydrogens (tertiary/aromatic N) is 2. The number of hydrogen-bond acceptors (Lipinski definition) is 4. The number of amides is 1. The minimum absolute atomic E-state index is 0.196. The van der Waals surface area contributed by atoms with Crippen LogP contribution >= 0.6 is 11.3 Å². The number of aryl methyl sites for hydroxylation is 1. The second-order valence-corrected chi connectivity index (χ2v) is 6.44. The van der Waals surface area contributed by atoms with Crippen molar-refractivity contribution in [2.24, 2.45) is 0 Å². The SMILES string of the molecule is CCc1ccc(Nc2nc(CC(=O)N3CCCC3)cs2)cc1. The van der Waals surface area contributed by atoms with Crippen molar-refractivity contribution < 1.29 is 4.79 Å². The maximum absolute atomic E-state index is 12.1. The van der Waals surface area contributed by atoms with Crippen LogP contribution in [0.4, 0.5) is 10.8 Å². The van der Waals surface area contributed by atoms with Crippen molar-refractivity contribution in [3.8, 4) is 0 Å². The maximum atomic E-state index is 12.1. The van der Waals surface area contributed by atoms with E-state index in [0.717, 1.165) is 48.9 Å². The van der Waals surface area contributed by atoms with Gasteiger partial charge in [-0.05, 0) is 37.0 Å². The fourth-order valence-electron chi connectivity index (χ4n) is 2.63. The number of aromatic nitrogens is 1. The van der Waals surface area contributed by atoms with Crippen LogP contribution in [0.3, 0.4) is 0 Å². The Balaban J connectivity index is 1.59. The van der Waals surface area contributed by atoms with Crippen molar-refractivity contribution in [3.63, 3.8) is 0 Å². The van der Waals surface area contributed by atoms with E-state index in [1.165, 1.54) is 5.56 Å². The number of nitrogens with one attached hydrogen (secondary N) is 1. The molecule has 1 amide bonds. The third kappa shape index (κ3) is 3.65. The molecule has 3 rings (SSSR count). The Bertz CT molecular complexity index is 630. The third-order valence-electron chi connectivity index (χ3n) is 3.96. The van der Waals surface area contributed by atoms with E-state index in [2.05, 4.69) is 41.5 Å². The van der Waals surface area contributed by atoms with Crippen molar-refractivity contribution >= 4 is 28.1 Å². The van der Waals surface area contributed by atoms with Gasteiger partial charge in [-0.3, -0.25) is 4.79 Å². The first kappa shape index (κ1) is 15.0. The number of benzene rings is 1. The van der Waals surface area contributed by atoms with Crippen LogP contribution in [0.25, 0.3) is 0 Å². The summed E-state index contributed by atoms with van der Waals surface area (Å²) in [5.41, 5.74) is 3.21. The van der Waals surface area contributed by atoms with Crippen LogP contribution in [0, 0.1) is 0 Å². The van der Waals surface area contributed by atoms with Gasteiger partial charge >= 0.3 is 0 Å². The smallest absolute Gasteiger partial charge is 0.228 e. The molecule has 0 unspecified atom stereocenters. The fraction of sp³-hybridized carbons (Fsp3) is 0.412. The highest BCUT2D eigenvalue weighted by Crippen LogP contribution is 2.22. The second kappa shape index (κ2) is 6.92. The molecule has 22 heavy (non-hydrogen) atoms. The minimum Gasteiger partial charge on any atom is -0.342 e. The quantitative estimate of drug-likeness (QED) is 0.916. The lowest BCUT2D eigenvalue weighted by Gasteiger charge is -2.13. The first-order valence-electron chi connectivity index (χ1n) is 7.83. The molecule has 5 heteroatoms. The van der Waals surface area contributed by atoms with Crippen molar-refractivity contribution in [1.29, 1.82) is 0 Å². The molecule has 1 saturated heterocycles. The average molecular weight is 315 g/mol. The van der Waals surface area contributed by atoms with Crippen LogP contribution < -0.4 is 5.32 Å². The van der Waals surface area contributed by atoms with Gasteiger partial charge in [-0.2, -0.15) is 0 Å². The zero-order valence-corrected chi connectivity index (χ0v) is 13.7. The van der Waals surface area contributed by atoms with Crippen LogP contribution in [0.5, 0.6) is 0 Å². The Hall–Kier alpha value is -1.88. The lowest BCUT2D eigenvalue weighted by atomic mass is 10.1. The number of anilines is 2. The van der Waals surface area contributed by atoms with Gasteiger partial charge in [0, 0.05) is 24.2 Å². The van der Waals surface area contributed by atoms with Gasteiger partial charge in [-0.25, -0.2) is 4.98 Å². The molecule has 0 bridgehead atoms. The molecule has 1 N–H and O–H groups in total. The normalized spacial score (nSPS) is 14.3. The van der Waals surface area contributed by atoms with E-state index in [9.17, 15) is 4.79 Å². The van der Waals surface area contributed by atoms with Gasteiger partial charge in [0.1, 0.15) is 0 Å². The largest absolute Gasteiger partial charge is 0.342 e. The summed E-state index contributed by atoms with van der Waals surface area (Å²) in [7, 11) is 0. The van der Waals surface area contributed by atoms with Crippen LogP contribution in [0.2, 0.25) is 0 Å². The summed E-state index contributed by atoms with van der Waals surface area (Å²) in [5, 5.41) is 6.11. The zero-order chi connectivity index (χ0) is 15.4. The van der Waals surface area contributed by atoms with Crippen LogP contribution in [0.1, 0.15) is 31.0 Å². The van der Waals surface area contributed by atoms with Gasteiger partial charge < -0.3 is 10.2 Å². The standard InChI is InChI=1S/C17H21N3OS/c1-2-13-5-7-14(8-6-13)18-17-19-15(12-22-17)11-16(21)20-9-3-4-10-20/h5-8,12H,2-4,9-11H2,1H3,(H,18,19). The summed E-state index contributed by atoms with van der Waals surface area (Å²) in [6, 6.07) is 8.37. The molecule has 1 aromatic heterocycles. The maximum Gasteiger partial charge on any atom is 0.228 e. The summed E-state index contributed by atoms with van der Waals surface area (Å²) in [4.78, 5) is 18.6. The predicted molar refractivity (Wildman–Crippen MR) is 90.7 cm³/mol. The average Bonchev–Trinajstić information content (AvgIpc) is 3.20. The van der Waals surface area contributed by atoms with Crippen LogP contribution in [-0.2, 0) is 17.6 Å². The molecule has 116 valence electrons. The second-order valence-electron chi connectivity index (χ2n) is 5.58. The Morgan fingerprint density at radius 1 is 1.27 bits per heavy atom. The molecule has 1 aliphatic rings. The van der Waals surface area contributed by atoms with E-state index >= 15 is 0 Å². The van der Waals surface area contributed by atoms with E-state index in [-0.39, 0.29) is 5.91 Å². The van der Waals surface area contributed by atoms with Gasteiger partial charge in [0.15, 0.2) is 5.13 Å². The fourth-order valence-corrected chi connectivity index (χ4v) is 3.36. The van der Waals surface area contributed by atoms with Crippen LogP contribution in [-0.4, -0.2) is 28.9 Å². The molecular formula is C17H21N3OS. The highest BCUT2D eigenvalue weighted by molar-refractivity contribution is 7.13. The molecule has 0 atom stereocenters. The Labute approximate surface area is 135 Å². The Morgan fingerprint density at radius 3 is 2.68 bits per heavy atom. The van der Waals surface area contributed by atoms with Crippen molar-refractivity contribution in [3.05, 3.63) is 40.9 Å². The van der Waals surface area contributed by atoms with Crippen molar-refractivity contribution in [1.82, 2.24) is 9.88 Å². The monoisotopic (exact) mass is 315 g/mol. The highest BCUT2D eigenvalue weighted by atomic mass is 32.1. The molecule has 1 fully saturated rings. The van der Waals surface area contributed by atoms with E-state index in [0.29, 0.717) is 6.42 Å². The van der Waals surface area contributed by atoms with Gasteiger partial charge in [-0.15, -0.1) is 11.3 Å². The molecule has 2 heterocycles. The Morgan fingerprint density at radius 2 is 2.00 bits per heavy atom. The molecule has 0 radical (unpaired) electrons. The van der Waals surface area contributed by atoms with Gasteiger partial charge in [0.2, 0.25) is 5.91 Å². The first-order valence-corrected chi connectivity index (χ1v) is 8.70. The number of likely N-dealkylation sites (tertiary alicyclic amines) is 1. The molecule has 1 aliphatic heterocycles. The number of carbonyl (C=O) groups excluding carboxylic acids is 1. The molecule has 0 saturated carbocycles. The molecule has 0 aliphatic carbocycles. The van der Waals surface area contributed by atoms with E-state index < -0.39 is 0 Å². The molecule has 1 aromatic carbocycles. The number of hydrogen-bond donors (Lipinski definition) is 1. The predicted octanol–water partition coefficient (Wildman–Crippen LogP) is 3.61. The lowest BCUT2D eigenvalue weighted by Crippen LogP contribution is -2.29. The minimum atomic E-state index is 0.196. The Kier molecular flexibility index (Phi) is 4.73. The van der Waals surface area contributed by atoms with E-state index in [1.54, 1.807) is 11.3 Å². The third-order valence-corrected chi connectivity index (χ3v) is 4.76.